The molecule has 35 heavy (non-hydrogen) atoms. The number of para-hydroxylation sites is 1. The molecule has 2 aromatic carbocycles. The van der Waals surface area contributed by atoms with Crippen molar-refractivity contribution in [1.82, 2.24) is 20.1 Å². The molecule has 0 bridgehead atoms. The molecule has 3 N–H and O–H groups in total. The Morgan fingerprint density at radius 1 is 1.14 bits per heavy atom. The summed E-state index contributed by atoms with van der Waals surface area (Å²) < 4.78 is 39.2. The van der Waals surface area contributed by atoms with Crippen molar-refractivity contribution in [2.75, 3.05) is 18.5 Å². The van der Waals surface area contributed by atoms with Gasteiger partial charge in [-0.2, -0.15) is 13.2 Å². The minimum absolute atomic E-state index is 0.190. The van der Waals surface area contributed by atoms with Gasteiger partial charge in [-0.3, -0.25) is 4.79 Å². The summed E-state index contributed by atoms with van der Waals surface area (Å²) in [4.78, 5) is 26.2. The number of anilines is 1. The Labute approximate surface area is 197 Å². The van der Waals surface area contributed by atoms with Gasteiger partial charge in [0.1, 0.15) is 18.2 Å². The third-order valence-corrected chi connectivity index (χ3v) is 5.19. The number of carbonyl (C=O) groups excluding carboxylic acids is 1. The molecule has 3 aromatic rings. The Bertz CT molecular complexity index is 1210. The number of alkyl halides is 3. The van der Waals surface area contributed by atoms with Crippen LogP contribution in [0.5, 0.6) is 5.75 Å². The molecule has 1 aliphatic carbocycles. The van der Waals surface area contributed by atoms with E-state index in [1.807, 2.05) is 48.5 Å². The van der Waals surface area contributed by atoms with Crippen LogP contribution in [0.3, 0.4) is 0 Å². The number of halogens is 3. The number of rotatable bonds is 4. The van der Waals surface area contributed by atoms with Crippen molar-refractivity contribution < 1.29 is 32.6 Å². The van der Waals surface area contributed by atoms with E-state index in [1.54, 1.807) is 4.68 Å². The summed E-state index contributed by atoms with van der Waals surface area (Å²) in [5.41, 5.74) is 2.65. The number of aromatic nitrogens is 3. The topological polar surface area (TPSA) is 118 Å². The number of carboxylic acid groups (broad SMARTS) is 1. The molecule has 0 unspecified atom stereocenters. The number of carboxylic acids is 1. The second-order valence-corrected chi connectivity index (χ2v) is 7.92. The van der Waals surface area contributed by atoms with Gasteiger partial charge in [-0.1, -0.05) is 18.2 Å². The molecular weight excluding hydrogens is 467 g/mol. The van der Waals surface area contributed by atoms with Gasteiger partial charge in [-0.15, -0.1) is 5.10 Å². The molecule has 0 radical (unpaired) electrons. The summed E-state index contributed by atoms with van der Waals surface area (Å²) in [6.45, 7) is 2.16. The van der Waals surface area contributed by atoms with E-state index >= 15 is 0 Å². The zero-order valence-corrected chi connectivity index (χ0v) is 18.4. The lowest BCUT2D eigenvalue weighted by molar-refractivity contribution is -0.192. The maximum absolute atomic E-state index is 12.8. The summed E-state index contributed by atoms with van der Waals surface area (Å²) in [7, 11) is 0. The molecule has 5 rings (SSSR count). The van der Waals surface area contributed by atoms with Crippen LogP contribution < -0.4 is 15.4 Å². The van der Waals surface area contributed by atoms with E-state index in [4.69, 9.17) is 14.6 Å². The molecule has 2 aliphatic rings. The highest BCUT2D eigenvalue weighted by atomic mass is 19.4. The van der Waals surface area contributed by atoms with Gasteiger partial charge in [0.2, 0.25) is 5.82 Å². The maximum Gasteiger partial charge on any atom is 0.490 e. The van der Waals surface area contributed by atoms with Gasteiger partial charge < -0.3 is 20.5 Å². The van der Waals surface area contributed by atoms with Gasteiger partial charge >= 0.3 is 12.1 Å². The minimum atomic E-state index is -5.08. The highest BCUT2D eigenvalue weighted by Crippen LogP contribution is 2.39. The zero-order valence-electron chi connectivity index (χ0n) is 18.4. The number of hydrogen-bond donors (Lipinski definition) is 3. The molecule has 0 atom stereocenters. The van der Waals surface area contributed by atoms with Crippen LogP contribution in [-0.4, -0.2) is 51.1 Å². The molecule has 2 heterocycles. The van der Waals surface area contributed by atoms with Crippen molar-refractivity contribution in [1.29, 1.82) is 0 Å². The number of carbonyl (C=O) groups is 2. The van der Waals surface area contributed by atoms with Crippen molar-refractivity contribution in [2.24, 2.45) is 0 Å². The highest BCUT2D eigenvalue weighted by molar-refractivity contribution is 6.01. The van der Waals surface area contributed by atoms with E-state index < -0.39 is 12.1 Å². The van der Waals surface area contributed by atoms with Crippen molar-refractivity contribution in [3.8, 4) is 11.4 Å². The normalized spacial score (nSPS) is 15.1. The first kappa shape index (κ1) is 24.2. The third-order valence-electron chi connectivity index (χ3n) is 5.19. The largest absolute Gasteiger partial charge is 0.492 e. The van der Waals surface area contributed by atoms with E-state index in [2.05, 4.69) is 20.7 Å². The van der Waals surface area contributed by atoms with Crippen LogP contribution in [0, 0.1) is 0 Å². The number of fused-ring (bicyclic) bond motifs is 1. The minimum Gasteiger partial charge on any atom is -0.492 e. The van der Waals surface area contributed by atoms with Crippen LogP contribution in [0.4, 0.5) is 18.9 Å². The molecule has 0 saturated heterocycles. The van der Waals surface area contributed by atoms with E-state index in [1.165, 1.54) is 0 Å². The average Bonchev–Trinajstić information content (AvgIpc) is 3.62. The zero-order chi connectivity index (χ0) is 25.0. The van der Waals surface area contributed by atoms with Crippen molar-refractivity contribution in [3.63, 3.8) is 0 Å². The first-order valence-corrected chi connectivity index (χ1v) is 10.8. The average molecular weight is 489 g/mol. The number of aliphatic carboxylic acids is 1. The van der Waals surface area contributed by atoms with E-state index in [-0.39, 0.29) is 11.7 Å². The quantitative estimate of drug-likeness (QED) is 0.513. The number of hydrogen-bond acceptors (Lipinski definition) is 6. The molecule has 1 saturated carbocycles. The van der Waals surface area contributed by atoms with Gasteiger partial charge in [0.05, 0.1) is 5.69 Å². The fourth-order valence-electron chi connectivity index (χ4n) is 3.36. The van der Waals surface area contributed by atoms with Crippen LogP contribution in [-0.2, 0) is 11.3 Å². The van der Waals surface area contributed by atoms with Crippen LogP contribution in [0.2, 0.25) is 0 Å². The molecule has 184 valence electrons. The predicted molar refractivity (Wildman–Crippen MR) is 119 cm³/mol. The molecule has 1 amide bonds. The second-order valence-electron chi connectivity index (χ2n) is 7.92. The Morgan fingerprint density at radius 3 is 2.51 bits per heavy atom. The summed E-state index contributed by atoms with van der Waals surface area (Å²) in [6.07, 6.45) is -2.91. The first-order valence-electron chi connectivity index (χ1n) is 10.8. The lowest BCUT2D eigenvalue weighted by Gasteiger charge is -2.09. The number of nitrogens with one attached hydrogen (secondary N) is 2. The number of amides is 1. The van der Waals surface area contributed by atoms with Crippen LogP contribution in [0.25, 0.3) is 5.69 Å². The van der Waals surface area contributed by atoms with Gasteiger partial charge in [0.15, 0.2) is 0 Å². The SMILES string of the molecule is O=C(Nc1ccc2c(c1)CNCCO2)c1nc(C2CC2)n(-c2ccccc2)n1.O=C(O)C(F)(F)F. The van der Waals surface area contributed by atoms with Gasteiger partial charge in [-0.05, 0) is 43.2 Å². The summed E-state index contributed by atoms with van der Waals surface area (Å²) in [5, 5.41) is 17.8. The molecule has 9 nitrogen and oxygen atoms in total. The molecule has 1 aromatic heterocycles. The first-order chi connectivity index (χ1) is 16.7. The van der Waals surface area contributed by atoms with Crippen LogP contribution in [0.1, 0.15) is 40.8 Å². The predicted octanol–water partition coefficient (Wildman–Crippen LogP) is 3.51. The highest BCUT2D eigenvalue weighted by Gasteiger charge is 2.38. The Balaban J connectivity index is 0.000000364. The van der Waals surface area contributed by atoms with Gasteiger partial charge in [-0.25, -0.2) is 14.5 Å². The van der Waals surface area contributed by atoms with Crippen LogP contribution >= 0.6 is 0 Å². The van der Waals surface area contributed by atoms with E-state index in [0.717, 1.165) is 42.2 Å². The standard InChI is InChI=1S/C21H21N5O2.C2HF3O2/c27-21(23-16-8-9-18-15(12-16)13-22-10-11-28-18)19-24-20(14-6-7-14)26(25-19)17-4-2-1-3-5-17;3-2(4,5)1(6)7/h1-5,8-9,12,14,22H,6-7,10-11,13H2,(H,23,27);(H,6,7). The molecule has 12 heteroatoms. The van der Waals surface area contributed by atoms with Gasteiger partial charge in [0.25, 0.3) is 5.91 Å². The summed E-state index contributed by atoms with van der Waals surface area (Å²) in [5.74, 6) is -0.784. The Morgan fingerprint density at radius 2 is 1.86 bits per heavy atom. The Kier molecular flexibility index (Phi) is 7.01. The lowest BCUT2D eigenvalue weighted by atomic mass is 10.1. The molecular formula is C23H22F3N5O4. The second kappa shape index (κ2) is 10.1. The smallest absolute Gasteiger partial charge is 0.490 e. The fourth-order valence-corrected chi connectivity index (χ4v) is 3.36. The fraction of sp³-hybridized carbons (Fsp3) is 0.304. The number of benzene rings is 2. The van der Waals surface area contributed by atoms with Crippen molar-refractivity contribution in [2.45, 2.75) is 31.5 Å². The van der Waals surface area contributed by atoms with E-state index in [9.17, 15) is 18.0 Å². The summed E-state index contributed by atoms with van der Waals surface area (Å²) in [6, 6.07) is 15.5. The van der Waals surface area contributed by atoms with E-state index in [0.29, 0.717) is 24.8 Å². The third kappa shape index (κ3) is 6.15. The number of ether oxygens (including phenoxy) is 1. The summed E-state index contributed by atoms with van der Waals surface area (Å²) >= 11 is 0. The van der Waals surface area contributed by atoms with Crippen molar-refractivity contribution >= 4 is 17.6 Å². The molecule has 0 spiro atoms. The maximum atomic E-state index is 12.8. The number of nitrogens with zero attached hydrogens (tertiary/aromatic N) is 3. The lowest BCUT2D eigenvalue weighted by Crippen LogP contribution is -2.21. The van der Waals surface area contributed by atoms with Crippen LogP contribution in [0.15, 0.2) is 48.5 Å². The van der Waals surface area contributed by atoms with Gasteiger partial charge in [0, 0.05) is 30.3 Å². The Hall–Kier alpha value is -3.93. The van der Waals surface area contributed by atoms with Crippen molar-refractivity contribution in [3.05, 3.63) is 65.7 Å². The molecule has 1 aliphatic heterocycles. The monoisotopic (exact) mass is 489 g/mol. The molecule has 1 fully saturated rings.